The maximum absolute atomic E-state index is 12.6. The van der Waals surface area contributed by atoms with Crippen LogP contribution in [0.4, 0.5) is 0 Å². The van der Waals surface area contributed by atoms with Crippen LogP contribution in [-0.4, -0.2) is 42.4 Å². The minimum atomic E-state index is -0.184. The third kappa shape index (κ3) is 4.98. The van der Waals surface area contributed by atoms with Crippen LogP contribution in [0.3, 0.4) is 0 Å². The van der Waals surface area contributed by atoms with Crippen LogP contribution in [0.2, 0.25) is 0 Å². The second-order valence-electron chi connectivity index (χ2n) is 6.76. The molecule has 0 aliphatic heterocycles. The molecule has 166 valence electrons. The van der Waals surface area contributed by atoms with Gasteiger partial charge >= 0.3 is 0 Å². The molecular formula is C22H21N3O4S3. The molecule has 0 saturated heterocycles. The van der Waals surface area contributed by atoms with Gasteiger partial charge in [-0.25, -0.2) is 4.98 Å². The summed E-state index contributed by atoms with van der Waals surface area (Å²) in [5.41, 5.74) is 1.75. The van der Waals surface area contributed by atoms with Gasteiger partial charge in [0.05, 0.1) is 25.4 Å². The number of H-pyrrole nitrogens is 1. The standard InChI is InChI=1S/C22H21N3O4S3/c1-28-15-6-5-13(10-16(15)29-2)7-8-23-18(26)12-32-22-24-20(27)19-14(11-31-21(19)25-22)17-4-3-9-30-17/h3-6,9-11H,7-8,12H2,1-2H3,(H,23,26)(H,24,25,27). The van der Waals surface area contributed by atoms with E-state index in [1.54, 1.807) is 25.6 Å². The fourth-order valence-electron chi connectivity index (χ4n) is 3.18. The summed E-state index contributed by atoms with van der Waals surface area (Å²) >= 11 is 4.24. The number of aromatic amines is 1. The molecule has 32 heavy (non-hydrogen) atoms. The van der Waals surface area contributed by atoms with Crippen LogP contribution in [0.1, 0.15) is 5.56 Å². The number of nitrogens with zero attached hydrogens (tertiary/aromatic N) is 1. The van der Waals surface area contributed by atoms with Gasteiger partial charge in [-0.2, -0.15) is 0 Å². The van der Waals surface area contributed by atoms with Gasteiger partial charge in [-0.15, -0.1) is 22.7 Å². The van der Waals surface area contributed by atoms with Crippen molar-refractivity contribution in [2.45, 2.75) is 11.6 Å². The molecule has 0 bridgehead atoms. The first kappa shape index (κ1) is 22.4. The molecule has 0 spiro atoms. The van der Waals surface area contributed by atoms with E-state index in [2.05, 4.69) is 15.3 Å². The van der Waals surface area contributed by atoms with Crippen LogP contribution >= 0.6 is 34.4 Å². The molecule has 4 rings (SSSR count). The topological polar surface area (TPSA) is 93.3 Å². The number of hydrogen-bond acceptors (Lipinski definition) is 8. The lowest BCUT2D eigenvalue weighted by Crippen LogP contribution is -2.27. The largest absolute Gasteiger partial charge is 0.493 e. The van der Waals surface area contributed by atoms with E-state index in [4.69, 9.17) is 9.47 Å². The monoisotopic (exact) mass is 487 g/mol. The minimum absolute atomic E-state index is 0.122. The Balaban J connectivity index is 1.33. The summed E-state index contributed by atoms with van der Waals surface area (Å²) in [5, 5.41) is 7.87. The fraction of sp³-hybridized carbons (Fsp3) is 0.227. The number of rotatable bonds is 9. The van der Waals surface area contributed by atoms with Gasteiger partial charge in [0.2, 0.25) is 5.91 Å². The van der Waals surface area contributed by atoms with Crippen molar-refractivity contribution in [1.29, 1.82) is 0 Å². The smallest absolute Gasteiger partial charge is 0.260 e. The molecule has 4 aromatic rings. The summed E-state index contributed by atoms with van der Waals surface area (Å²) < 4.78 is 10.5. The lowest BCUT2D eigenvalue weighted by Gasteiger charge is -2.10. The van der Waals surface area contributed by atoms with Gasteiger partial charge in [-0.3, -0.25) is 9.59 Å². The van der Waals surface area contributed by atoms with E-state index in [0.29, 0.717) is 39.8 Å². The molecule has 0 saturated carbocycles. The predicted molar refractivity (Wildman–Crippen MR) is 131 cm³/mol. The lowest BCUT2D eigenvalue weighted by atomic mass is 10.1. The van der Waals surface area contributed by atoms with Crippen molar-refractivity contribution in [2.75, 3.05) is 26.5 Å². The van der Waals surface area contributed by atoms with Crippen LogP contribution in [0.15, 0.2) is 51.0 Å². The minimum Gasteiger partial charge on any atom is -0.493 e. The highest BCUT2D eigenvalue weighted by Crippen LogP contribution is 2.34. The third-order valence-electron chi connectivity index (χ3n) is 4.73. The van der Waals surface area contributed by atoms with E-state index >= 15 is 0 Å². The average Bonchev–Trinajstić information content (AvgIpc) is 3.47. The van der Waals surface area contributed by atoms with Crippen LogP contribution in [-0.2, 0) is 11.2 Å². The van der Waals surface area contributed by atoms with E-state index < -0.39 is 0 Å². The number of amides is 1. The Hall–Kier alpha value is -2.82. The first-order valence-electron chi connectivity index (χ1n) is 9.75. The quantitative estimate of drug-likeness (QED) is 0.272. The SMILES string of the molecule is COc1ccc(CCNC(=O)CSc2nc3scc(-c4cccs4)c3c(=O)[nH]2)cc1OC. The van der Waals surface area contributed by atoms with E-state index in [1.165, 1.54) is 23.1 Å². The molecular weight excluding hydrogens is 466 g/mol. The van der Waals surface area contributed by atoms with Gasteiger partial charge < -0.3 is 19.8 Å². The number of carbonyl (C=O) groups is 1. The predicted octanol–water partition coefficient (Wildman–Crippen LogP) is 4.18. The molecule has 10 heteroatoms. The molecule has 1 amide bonds. The summed E-state index contributed by atoms with van der Waals surface area (Å²) in [6.45, 7) is 0.493. The summed E-state index contributed by atoms with van der Waals surface area (Å²) in [7, 11) is 3.19. The first-order chi connectivity index (χ1) is 15.6. The zero-order chi connectivity index (χ0) is 22.5. The number of fused-ring (bicyclic) bond motifs is 1. The molecule has 0 atom stereocenters. The summed E-state index contributed by atoms with van der Waals surface area (Å²) in [4.78, 5) is 33.9. The third-order valence-corrected chi connectivity index (χ3v) is 7.38. The Morgan fingerprint density at radius 2 is 2.03 bits per heavy atom. The van der Waals surface area contributed by atoms with E-state index in [1.807, 2.05) is 41.1 Å². The summed E-state index contributed by atoms with van der Waals surface area (Å²) in [6.07, 6.45) is 0.665. The molecule has 3 aromatic heterocycles. The number of hydrogen-bond donors (Lipinski definition) is 2. The van der Waals surface area contributed by atoms with Gasteiger partial charge in [0.1, 0.15) is 4.83 Å². The van der Waals surface area contributed by atoms with Gasteiger partial charge in [0, 0.05) is 22.4 Å². The highest BCUT2D eigenvalue weighted by molar-refractivity contribution is 7.99. The average molecular weight is 488 g/mol. The number of ether oxygens (including phenoxy) is 2. The summed E-state index contributed by atoms with van der Waals surface area (Å²) in [5.74, 6) is 1.38. The summed E-state index contributed by atoms with van der Waals surface area (Å²) in [6, 6.07) is 9.63. The number of aromatic nitrogens is 2. The highest BCUT2D eigenvalue weighted by Gasteiger charge is 2.14. The van der Waals surface area contributed by atoms with Crippen molar-refractivity contribution in [3.8, 4) is 21.9 Å². The fourth-order valence-corrected chi connectivity index (χ4v) is 5.69. The Kier molecular flexibility index (Phi) is 7.13. The van der Waals surface area contributed by atoms with E-state index in [-0.39, 0.29) is 17.2 Å². The number of methoxy groups -OCH3 is 2. The van der Waals surface area contributed by atoms with Crippen molar-refractivity contribution in [3.05, 3.63) is 57.0 Å². The van der Waals surface area contributed by atoms with Crippen molar-refractivity contribution >= 4 is 50.6 Å². The van der Waals surface area contributed by atoms with Crippen molar-refractivity contribution in [2.24, 2.45) is 0 Å². The Bertz CT molecular complexity index is 1280. The van der Waals surface area contributed by atoms with Gasteiger partial charge in [0.15, 0.2) is 16.7 Å². The van der Waals surface area contributed by atoms with E-state index in [0.717, 1.165) is 16.0 Å². The first-order valence-corrected chi connectivity index (χ1v) is 12.5. The molecule has 1 aromatic carbocycles. The number of nitrogens with one attached hydrogen (secondary N) is 2. The molecule has 3 heterocycles. The number of thiophene rings is 2. The van der Waals surface area contributed by atoms with Crippen molar-refractivity contribution in [1.82, 2.24) is 15.3 Å². The van der Waals surface area contributed by atoms with Crippen LogP contribution < -0.4 is 20.3 Å². The molecule has 7 nitrogen and oxygen atoms in total. The second kappa shape index (κ2) is 10.2. The van der Waals surface area contributed by atoms with Crippen molar-refractivity contribution < 1.29 is 14.3 Å². The maximum Gasteiger partial charge on any atom is 0.260 e. The lowest BCUT2D eigenvalue weighted by molar-refractivity contribution is -0.118. The normalized spacial score (nSPS) is 10.9. The highest BCUT2D eigenvalue weighted by atomic mass is 32.2. The number of thioether (sulfide) groups is 1. The molecule has 2 N–H and O–H groups in total. The maximum atomic E-state index is 12.6. The van der Waals surface area contributed by atoms with Crippen LogP contribution in [0, 0.1) is 0 Å². The van der Waals surface area contributed by atoms with Gasteiger partial charge in [-0.1, -0.05) is 23.9 Å². The van der Waals surface area contributed by atoms with Crippen LogP contribution in [0.5, 0.6) is 11.5 Å². The van der Waals surface area contributed by atoms with E-state index in [9.17, 15) is 9.59 Å². The zero-order valence-corrected chi connectivity index (χ0v) is 19.9. The van der Waals surface area contributed by atoms with Gasteiger partial charge in [0.25, 0.3) is 5.56 Å². The number of benzene rings is 1. The molecule has 0 radical (unpaired) electrons. The molecule has 0 unspecified atom stereocenters. The number of carbonyl (C=O) groups excluding carboxylic acids is 1. The molecule has 0 aliphatic rings. The molecule has 0 aliphatic carbocycles. The Labute approximate surface area is 196 Å². The molecule has 0 fully saturated rings. The second-order valence-corrected chi connectivity index (χ2v) is 9.53. The van der Waals surface area contributed by atoms with Gasteiger partial charge in [-0.05, 0) is 35.6 Å². The Morgan fingerprint density at radius 3 is 2.78 bits per heavy atom. The zero-order valence-electron chi connectivity index (χ0n) is 17.5. The Morgan fingerprint density at radius 1 is 1.19 bits per heavy atom. The van der Waals surface area contributed by atoms with Crippen molar-refractivity contribution in [3.63, 3.8) is 0 Å². The van der Waals surface area contributed by atoms with Crippen LogP contribution in [0.25, 0.3) is 20.7 Å².